The van der Waals surface area contributed by atoms with Crippen LogP contribution in [0.3, 0.4) is 0 Å². The van der Waals surface area contributed by atoms with Gasteiger partial charge in [-0.05, 0) is 18.6 Å². The van der Waals surface area contributed by atoms with Gasteiger partial charge in [0.05, 0.1) is 13.2 Å². The maximum Gasteiger partial charge on any atom is 0.181 e. The van der Waals surface area contributed by atoms with E-state index in [1.807, 2.05) is 12.1 Å². The molecule has 0 spiro atoms. The second kappa shape index (κ2) is 5.59. The van der Waals surface area contributed by atoms with Crippen LogP contribution in [0.5, 0.6) is 0 Å². The lowest BCUT2D eigenvalue weighted by Gasteiger charge is -2.26. The van der Waals surface area contributed by atoms with Crippen LogP contribution < -0.4 is 10.2 Å². The Hall–Kier alpha value is -1.59. The van der Waals surface area contributed by atoms with Gasteiger partial charge in [-0.2, -0.15) is 0 Å². The summed E-state index contributed by atoms with van der Waals surface area (Å²) in [5, 5.41) is 3.47. The van der Waals surface area contributed by atoms with Gasteiger partial charge in [0.2, 0.25) is 0 Å². The van der Waals surface area contributed by atoms with E-state index in [9.17, 15) is 0 Å². The van der Waals surface area contributed by atoms with Crippen molar-refractivity contribution in [2.45, 2.75) is 12.5 Å². The van der Waals surface area contributed by atoms with Crippen LogP contribution in [0.4, 0.5) is 5.69 Å². The zero-order valence-electron chi connectivity index (χ0n) is 11.1. The van der Waals surface area contributed by atoms with E-state index in [-0.39, 0.29) is 0 Å². The maximum atomic E-state index is 5.46. The fourth-order valence-corrected chi connectivity index (χ4v) is 2.36. The third kappa shape index (κ3) is 2.88. The first-order chi connectivity index (χ1) is 9.33. The van der Waals surface area contributed by atoms with Crippen LogP contribution in [0.15, 0.2) is 29.0 Å². The summed E-state index contributed by atoms with van der Waals surface area (Å²) < 4.78 is 10.8. The van der Waals surface area contributed by atoms with Crippen LogP contribution in [0.25, 0.3) is 11.1 Å². The SMILES string of the molecule is CN(CCC1COCCN1)c1ccc2ncoc2c1. The van der Waals surface area contributed by atoms with Crippen molar-refractivity contribution in [2.75, 3.05) is 38.3 Å². The third-order valence-corrected chi connectivity index (χ3v) is 3.57. The normalized spacial score (nSPS) is 19.7. The molecule has 1 saturated heterocycles. The van der Waals surface area contributed by atoms with E-state index in [2.05, 4.69) is 28.3 Å². The van der Waals surface area contributed by atoms with Gasteiger partial charge in [-0.3, -0.25) is 0 Å². The van der Waals surface area contributed by atoms with Crippen molar-refractivity contribution in [1.29, 1.82) is 0 Å². The Morgan fingerprint density at radius 1 is 1.47 bits per heavy atom. The average molecular weight is 261 g/mol. The first-order valence-electron chi connectivity index (χ1n) is 6.68. The second-order valence-corrected chi connectivity index (χ2v) is 4.94. The lowest BCUT2D eigenvalue weighted by Crippen LogP contribution is -2.42. The molecule has 1 aromatic heterocycles. The number of oxazole rings is 1. The van der Waals surface area contributed by atoms with Crippen LogP contribution in [0.1, 0.15) is 6.42 Å². The highest BCUT2D eigenvalue weighted by Gasteiger charge is 2.14. The maximum absolute atomic E-state index is 5.46. The van der Waals surface area contributed by atoms with Gasteiger partial charge in [-0.15, -0.1) is 0 Å². The van der Waals surface area contributed by atoms with E-state index in [1.54, 1.807) is 0 Å². The molecule has 1 aliphatic rings. The number of anilines is 1. The van der Waals surface area contributed by atoms with E-state index in [1.165, 1.54) is 6.39 Å². The molecule has 0 radical (unpaired) electrons. The number of morpholine rings is 1. The van der Waals surface area contributed by atoms with Crippen molar-refractivity contribution in [3.63, 3.8) is 0 Å². The van der Waals surface area contributed by atoms with E-state index in [4.69, 9.17) is 9.15 Å². The number of hydrogen-bond donors (Lipinski definition) is 1. The van der Waals surface area contributed by atoms with E-state index < -0.39 is 0 Å². The van der Waals surface area contributed by atoms with Crippen LogP contribution in [-0.2, 0) is 4.74 Å². The van der Waals surface area contributed by atoms with Gasteiger partial charge in [0.15, 0.2) is 12.0 Å². The molecule has 1 aliphatic heterocycles. The summed E-state index contributed by atoms with van der Waals surface area (Å²) >= 11 is 0. The van der Waals surface area contributed by atoms with Gasteiger partial charge in [-0.25, -0.2) is 4.98 Å². The van der Waals surface area contributed by atoms with Gasteiger partial charge < -0.3 is 19.4 Å². The van der Waals surface area contributed by atoms with Crippen molar-refractivity contribution < 1.29 is 9.15 Å². The highest BCUT2D eigenvalue weighted by molar-refractivity contribution is 5.76. The molecule has 0 aliphatic carbocycles. The summed E-state index contributed by atoms with van der Waals surface area (Å²) in [6, 6.07) is 6.57. The Bertz CT molecular complexity index is 534. The van der Waals surface area contributed by atoms with Crippen molar-refractivity contribution in [3.05, 3.63) is 24.6 Å². The van der Waals surface area contributed by atoms with E-state index >= 15 is 0 Å². The molecular weight excluding hydrogens is 242 g/mol. The van der Waals surface area contributed by atoms with Crippen LogP contribution in [0, 0.1) is 0 Å². The zero-order chi connectivity index (χ0) is 13.1. The molecule has 2 heterocycles. The molecule has 0 saturated carbocycles. The molecule has 19 heavy (non-hydrogen) atoms. The summed E-state index contributed by atoms with van der Waals surface area (Å²) in [6.07, 6.45) is 2.56. The number of ether oxygens (including phenoxy) is 1. The number of aromatic nitrogens is 1. The fraction of sp³-hybridized carbons (Fsp3) is 0.500. The summed E-state index contributed by atoms with van der Waals surface area (Å²) in [5.41, 5.74) is 2.89. The first-order valence-corrected chi connectivity index (χ1v) is 6.68. The predicted molar refractivity (Wildman–Crippen MR) is 74.5 cm³/mol. The average Bonchev–Trinajstić information content (AvgIpc) is 2.93. The Balaban J connectivity index is 1.60. The van der Waals surface area contributed by atoms with E-state index in [0.717, 1.165) is 49.5 Å². The number of nitrogens with one attached hydrogen (secondary N) is 1. The molecule has 0 bridgehead atoms. The Morgan fingerprint density at radius 3 is 3.26 bits per heavy atom. The quantitative estimate of drug-likeness (QED) is 0.906. The molecule has 2 aromatic rings. The van der Waals surface area contributed by atoms with Gasteiger partial charge in [0, 0.05) is 37.9 Å². The topological polar surface area (TPSA) is 50.5 Å². The zero-order valence-corrected chi connectivity index (χ0v) is 11.1. The van der Waals surface area contributed by atoms with Crippen LogP contribution >= 0.6 is 0 Å². The minimum Gasteiger partial charge on any atom is -0.443 e. The molecule has 1 N–H and O–H groups in total. The fourth-order valence-electron chi connectivity index (χ4n) is 2.36. The molecule has 3 rings (SSSR count). The number of hydrogen-bond acceptors (Lipinski definition) is 5. The van der Waals surface area contributed by atoms with Crippen molar-refractivity contribution in [3.8, 4) is 0 Å². The number of fused-ring (bicyclic) bond motifs is 1. The number of benzene rings is 1. The van der Waals surface area contributed by atoms with Crippen LogP contribution in [0.2, 0.25) is 0 Å². The summed E-state index contributed by atoms with van der Waals surface area (Å²) in [4.78, 5) is 6.36. The highest BCUT2D eigenvalue weighted by Crippen LogP contribution is 2.20. The molecule has 1 fully saturated rings. The largest absolute Gasteiger partial charge is 0.443 e. The lowest BCUT2D eigenvalue weighted by molar-refractivity contribution is 0.0749. The molecule has 5 heteroatoms. The van der Waals surface area contributed by atoms with Gasteiger partial charge >= 0.3 is 0 Å². The van der Waals surface area contributed by atoms with Gasteiger partial charge in [0.1, 0.15) is 5.52 Å². The number of nitrogens with zero attached hydrogens (tertiary/aromatic N) is 2. The molecule has 1 unspecified atom stereocenters. The molecule has 1 aromatic carbocycles. The summed E-state index contributed by atoms with van der Waals surface area (Å²) in [5.74, 6) is 0. The molecule has 1 atom stereocenters. The molecule has 5 nitrogen and oxygen atoms in total. The standard InChI is InChI=1S/C14H19N3O2/c1-17(6-4-11-9-18-7-5-15-11)12-2-3-13-14(8-12)19-10-16-13/h2-3,8,10-11,15H,4-7,9H2,1H3. The Morgan fingerprint density at radius 2 is 2.42 bits per heavy atom. The Kier molecular flexibility index (Phi) is 3.66. The minimum absolute atomic E-state index is 0.463. The summed E-state index contributed by atoms with van der Waals surface area (Å²) in [7, 11) is 2.10. The third-order valence-electron chi connectivity index (χ3n) is 3.57. The minimum atomic E-state index is 0.463. The van der Waals surface area contributed by atoms with Gasteiger partial charge in [-0.1, -0.05) is 0 Å². The second-order valence-electron chi connectivity index (χ2n) is 4.94. The first kappa shape index (κ1) is 12.4. The lowest BCUT2D eigenvalue weighted by atomic mass is 10.2. The van der Waals surface area contributed by atoms with Gasteiger partial charge in [0.25, 0.3) is 0 Å². The summed E-state index contributed by atoms with van der Waals surface area (Å²) in [6.45, 7) is 3.59. The van der Waals surface area contributed by atoms with Crippen molar-refractivity contribution in [1.82, 2.24) is 10.3 Å². The predicted octanol–water partition coefficient (Wildman–Crippen LogP) is 1.64. The van der Waals surface area contributed by atoms with E-state index in [0.29, 0.717) is 6.04 Å². The number of rotatable bonds is 4. The smallest absolute Gasteiger partial charge is 0.181 e. The molecule has 0 amide bonds. The van der Waals surface area contributed by atoms with Crippen molar-refractivity contribution >= 4 is 16.8 Å². The van der Waals surface area contributed by atoms with Crippen LogP contribution in [-0.4, -0.2) is 44.4 Å². The highest BCUT2D eigenvalue weighted by atomic mass is 16.5. The molecule has 102 valence electrons. The monoisotopic (exact) mass is 261 g/mol. The molecular formula is C14H19N3O2. The Labute approximate surface area is 112 Å². The van der Waals surface area contributed by atoms with Crippen molar-refractivity contribution in [2.24, 2.45) is 0 Å².